The molecule has 90 valence electrons. The van der Waals surface area contributed by atoms with Gasteiger partial charge in [0.15, 0.2) is 0 Å². The SMILES string of the molecule is O=S(=O)(NCCC1CCOC1)c1cn[nH]c1. The standard InChI is InChI=1S/C9H15N3O3S/c13-16(14,9-5-10-11-6-9)12-3-1-8-2-4-15-7-8/h5-6,8,12H,1-4,7H2,(H,10,11). The molecule has 1 aromatic rings. The van der Waals surface area contributed by atoms with Crippen LogP contribution in [-0.4, -0.2) is 38.4 Å². The first-order valence-corrected chi connectivity index (χ1v) is 6.73. The van der Waals surface area contributed by atoms with Crippen molar-refractivity contribution >= 4 is 10.0 Å². The van der Waals surface area contributed by atoms with Crippen LogP contribution in [-0.2, 0) is 14.8 Å². The van der Waals surface area contributed by atoms with Crippen LogP contribution in [0.15, 0.2) is 17.3 Å². The molecule has 1 aliphatic rings. The van der Waals surface area contributed by atoms with Crippen molar-refractivity contribution < 1.29 is 13.2 Å². The summed E-state index contributed by atoms with van der Waals surface area (Å²) in [7, 11) is -3.39. The summed E-state index contributed by atoms with van der Waals surface area (Å²) in [5, 5.41) is 6.09. The Kier molecular flexibility index (Phi) is 3.57. The Hall–Kier alpha value is -0.920. The zero-order chi connectivity index (χ0) is 11.4. The third-order valence-electron chi connectivity index (χ3n) is 2.65. The van der Waals surface area contributed by atoms with E-state index in [0.29, 0.717) is 12.5 Å². The van der Waals surface area contributed by atoms with Crippen LogP contribution in [0.25, 0.3) is 0 Å². The van der Waals surface area contributed by atoms with Gasteiger partial charge >= 0.3 is 0 Å². The smallest absolute Gasteiger partial charge is 0.243 e. The summed E-state index contributed by atoms with van der Waals surface area (Å²) >= 11 is 0. The van der Waals surface area contributed by atoms with Crippen molar-refractivity contribution in [1.82, 2.24) is 14.9 Å². The molecule has 2 N–H and O–H groups in total. The third-order valence-corrected chi connectivity index (χ3v) is 4.08. The van der Waals surface area contributed by atoms with Crippen molar-refractivity contribution in [3.8, 4) is 0 Å². The van der Waals surface area contributed by atoms with E-state index >= 15 is 0 Å². The van der Waals surface area contributed by atoms with Crippen LogP contribution >= 0.6 is 0 Å². The zero-order valence-corrected chi connectivity index (χ0v) is 9.66. The van der Waals surface area contributed by atoms with E-state index in [1.54, 1.807) is 0 Å². The highest BCUT2D eigenvalue weighted by Crippen LogP contribution is 2.15. The van der Waals surface area contributed by atoms with Crippen molar-refractivity contribution in [1.29, 1.82) is 0 Å². The number of aromatic amines is 1. The second kappa shape index (κ2) is 4.94. The second-order valence-electron chi connectivity index (χ2n) is 3.85. The topological polar surface area (TPSA) is 84.1 Å². The molecular formula is C9H15N3O3S. The molecular weight excluding hydrogens is 230 g/mol. The lowest BCUT2D eigenvalue weighted by Crippen LogP contribution is -2.26. The van der Waals surface area contributed by atoms with E-state index < -0.39 is 10.0 Å². The van der Waals surface area contributed by atoms with Gasteiger partial charge in [-0.2, -0.15) is 5.10 Å². The van der Waals surface area contributed by atoms with Crippen molar-refractivity contribution in [2.24, 2.45) is 5.92 Å². The number of H-pyrrole nitrogens is 1. The molecule has 0 aromatic carbocycles. The van der Waals surface area contributed by atoms with Crippen molar-refractivity contribution in [2.75, 3.05) is 19.8 Å². The van der Waals surface area contributed by atoms with Crippen molar-refractivity contribution in [3.63, 3.8) is 0 Å². The van der Waals surface area contributed by atoms with Crippen molar-refractivity contribution in [3.05, 3.63) is 12.4 Å². The second-order valence-corrected chi connectivity index (χ2v) is 5.62. The third kappa shape index (κ3) is 2.81. The van der Waals surface area contributed by atoms with E-state index in [1.165, 1.54) is 12.4 Å². The van der Waals surface area contributed by atoms with Gasteiger partial charge in [0.2, 0.25) is 10.0 Å². The number of nitrogens with one attached hydrogen (secondary N) is 2. The molecule has 1 saturated heterocycles. The van der Waals surface area contributed by atoms with Gasteiger partial charge in [0.05, 0.1) is 6.20 Å². The van der Waals surface area contributed by atoms with Gasteiger partial charge in [0.25, 0.3) is 0 Å². The Bertz CT molecular complexity index is 409. The van der Waals surface area contributed by atoms with Gasteiger partial charge in [-0.3, -0.25) is 5.10 Å². The van der Waals surface area contributed by atoms with Gasteiger partial charge in [-0.25, -0.2) is 13.1 Å². The molecule has 1 fully saturated rings. The minimum Gasteiger partial charge on any atom is -0.381 e. The number of rotatable bonds is 5. The molecule has 2 heterocycles. The first kappa shape index (κ1) is 11.6. The Balaban J connectivity index is 1.81. The summed E-state index contributed by atoms with van der Waals surface area (Å²) in [6.45, 7) is 1.98. The van der Waals surface area contributed by atoms with Gasteiger partial charge in [-0.1, -0.05) is 0 Å². The van der Waals surface area contributed by atoms with Crippen LogP contribution in [0, 0.1) is 5.92 Å². The average Bonchev–Trinajstić information content (AvgIpc) is 2.90. The quantitative estimate of drug-likeness (QED) is 0.771. The summed E-state index contributed by atoms with van der Waals surface area (Å²) in [4.78, 5) is 0.176. The first-order valence-electron chi connectivity index (χ1n) is 5.25. The molecule has 0 bridgehead atoms. The van der Waals surface area contributed by atoms with Crippen LogP contribution in [0.5, 0.6) is 0 Å². The largest absolute Gasteiger partial charge is 0.381 e. The highest BCUT2D eigenvalue weighted by Gasteiger charge is 2.18. The predicted octanol–water partition coefficient (Wildman–Crippen LogP) is 0.115. The first-order chi connectivity index (χ1) is 7.68. The summed E-state index contributed by atoms with van der Waals surface area (Å²) in [6.07, 6.45) is 4.49. The fourth-order valence-corrected chi connectivity index (χ4v) is 2.63. The molecule has 1 aliphatic heterocycles. The summed E-state index contributed by atoms with van der Waals surface area (Å²) < 4.78 is 31.1. The van der Waals surface area contributed by atoms with E-state index in [1.807, 2.05) is 0 Å². The Morgan fingerprint density at radius 3 is 3.12 bits per heavy atom. The number of aromatic nitrogens is 2. The molecule has 1 unspecified atom stereocenters. The molecule has 0 amide bonds. The van der Waals surface area contributed by atoms with Crippen molar-refractivity contribution in [2.45, 2.75) is 17.7 Å². The molecule has 0 radical (unpaired) electrons. The maximum atomic E-state index is 11.7. The Morgan fingerprint density at radius 1 is 1.62 bits per heavy atom. The van der Waals surface area contributed by atoms with Gasteiger partial charge in [-0.15, -0.1) is 0 Å². The number of hydrogen-bond acceptors (Lipinski definition) is 4. The predicted molar refractivity (Wildman–Crippen MR) is 57.3 cm³/mol. The van der Waals surface area contributed by atoms with Gasteiger partial charge in [-0.05, 0) is 18.8 Å². The Labute approximate surface area is 94.4 Å². The fraction of sp³-hybridized carbons (Fsp3) is 0.667. The molecule has 0 saturated carbocycles. The molecule has 2 rings (SSSR count). The minimum atomic E-state index is -3.39. The molecule has 1 aromatic heterocycles. The summed E-state index contributed by atoms with van der Waals surface area (Å²) in [6, 6.07) is 0. The maximum absolute atomic E-state index is 11.7. The lowest BCUT2D eigenvalue weighted by molar-refractivity contribution is 0.184. The van der Waals surface area contributed by atoms with Gasteiger partial charge in [0, 0.05) is 26.0 Å². The molecule has 6 nitrogen and oxygen atoms in total. The number of hydrogen-bond donors (Lipinski definition) is 2. The van der Waals surface area contributed by atoms with E-state index in [9.17, 15) is 8.42 Å². The number of ether oxygens (including phenoxy) is 1. The normalized spacial score (nSPS) is 21.4. The lowest BCUT2D eigenvalue weighted by Gasteiger charge is -2.08. The van der Waals surface area contributed by atoms with E-state index in [-0.39, 0.29) is 4.90 Å². The van der Waals surface area contributed by atoms with Crippen LogP contribution in [0.3, 0.4) is 0 Å². The maximum Gasteiger partial charge on any atom is 0.243 e. The molecule has 0 aliphatic carbocycles. The van der Waals surface area contributed by atoms with Crippen LogP contribution in [0.2, 0.25) is 0 Å². The van der Waals surface area contributed by atoms with Gasteiger partial charge < -0.3 is 4.74 Å². The van der Waals surface area contributed by atoms with Crippen LogP contribution < -0.4 is 4.72 Å². The Morgan fingerprint density at radius 2 is 2.50 bits per heavy atom. The van der Waals surface area contributed by atoms with E-state index in [0.717, 1.165) is 26.1 Å². The lowest BCUT2D eigenvalue weighted by atomic mass is 10.1. The van der Waals surface area contributed by atoms with Crippen LogP contribution in [0.1, 0.15) is 12.8 Å². The molecule has 0 spiro atoms. The van der Waals surface area contributed by atoms with Crippen LogP contribution in [0.4, 0.5) is 0 Å². The summed E-state index contributed by atoms with van der Waals surface area (Å²) in [5.41, 5.74) is 0. The minimum absolute atomic E-state index is 0.176. The van der Waals surface area contributed by atoms with E-state index in [2.05, 4.69) is 14.9 Å². The highest BCUT2D eigenvalue weighted by molar-refractivity contribution is 7.89. The summed E-state index contributed by atoms with van der Waals surface area (Å²) in [5.74, 6) is 0.479. The fourth-order valence-electron chi connectivity index (χ4n) is 1.68. The number of nitrogens with zero attached hydrogens (tertiary/aromatic N) is 1. The highest BCUT2D eigenvalue weighted by atomic mass is 32.2. The monoisotopic (exact) mass is 245 g/mol. The molecule has 16 heavy (non-hydrogen) atoms. The van der Waals surface area contributed by atoms with Gasteiger partial charge in [0.1, 0.15) is 4.90 Å². The number of sulfonamides is 1. The molecule has 1 atom stereocenters. The molecule has 7 heteroatoms. The average molecular weight is 245 g/mol. The zero-order valence-electron chi connectivity index (χ0n) is 8.85. The van der Waals surface area contributed by atoms with E-state index in [4.69, 9.17) is 4.74 Å².